The zero-order valence-electron chi connectivity index (χ0n) is 12.5. The average molecular weight is 344 g/mol. The number of methoxy groups -OCH3 is 1. The lowest BCUT2D eigenvalue weighted by molar-refractivity contribution is 0.0265. The number of ether oxygens (including phenoxy) is 2. The maximum atomic E-state index is 13.1. The maximum Gasteiger partial charge on any atom is 0.259 e. The highest BCUT2D eigenvalue weighted by atomic mass is 35.5. The van der Waals surface area contributed by atoms with Crippen molar-refractivity contribution in [2.45, 2.75) is 37.8 Å². The number of hydrogen-bond donors (Lipinski definition) is 0. The van der Waals surface area contributed by atoms with Crippen molar-refractivity contribution < 1.29 is 14.3 Å². The van der Waals surface area contributed by atoms with Gasteiger partial charge in [0.15, 0.2) is 5.75 Å². The van der Waals surface area contributed by atoms with E-state index in [2.05, 4.69) is 0 Å². The van der Waals surface area contributed by atoms with Crippen molar-refractivity contribution in [3.8, 4) is 5.75 Å². The smallest absolute Gasteiger partial charge is 0.259 e. The molecule has 22 heavy (non-hydrogen) atoms. The Labute approximate surface area is 140 Å². The fraction of sp³-hybridized carbons (Fsp3) is 0.562. The van der Waals surface area contributed by atoms with Gasteiger partial charge in [-0.2, -0.15) is 0 Å². The third-order valence-corrected chi connectivity index (χ3v) is 4.85. The minimum Gasteiger partial charge on any atom is -0.494 e. The molecule has 0 radical (unpaired) electrons. The van der Waals surface area contributed by atoms with Crippen LogP contribution in [0, 0.1) is 0 Å². The molecule has 1 heterocycles. The molecule has 1 aliphatic heterocycles. The molecule has 2 aliphatic rings. The average Bonchev–Trinajstić information content (AvgIpc) is 3.35. The Bertz CT molecular complexity index is 569. The van der Waals surface area contributed by atoms with E-state index in [0.29, 0.717) is 40.6 Å². The van der Waals surface area contributed by atoms with E-state index in [4.69, 9.17) is 32.7 Å². The number of carbonyl (C=O) groups is 1. The van der Waals surface area contributed by atoms with Crippen molar-refractivity contribution in [2.75, 3.05) is 20.3 Å². The van der Waals surface area contributed by atoms with Crippen molar-refractivity contribution in [1.82, 2.24) is 4.90 Å². The number of amides is 1. The van der Waals surface area contributed by atoms with E-state index in [0.717, 1.165) is 25.7 Å². The summed E-state index contributed by atoms with van der Waals surface area (Å²) in [4.78, 5) is 15.1. The van der Waals surface area contributed by atoms with Crippen LogP contribution >= 0.6 is 23.2 Å². The summed E-state index contributed by atoms with van der Waals surface area (Å²) < 4.78 is 10.7. The van der Waals surface area contributed by atoms with Gasteiger partial charge in [0.1, 0.15) is 5.56 Å². The first-order chi connectivity index (χ1) is 10.6. The number of nitrogens with zero attached hydrogens (tertiary/aromatic N) is 1. The molecule has 0 atom stereocenters. The predicted octanol–water partition coefficient (Wildman–Crippen LogP) is 3.79. The highest BCUT2D eigenvalue weighted by molar-refractivity contribution is 6.37. The fourth-order valence-corrected chi connectivity index (χ4v) is 3.47. The lowest BCUT2D eigenvalue weighted by Gasteiger charge is -2.35. The van der Waals surface area contributed by atoms with Crippen LogP contribution in [-0.2, 0) is 4.74 Å². The molecule has 2 fully saturated rings. The molecule has 0 bridgehead atoms. The van der Waals surface area contributed by atoms with Crippen molar-refractivity contribution in [3.05, 3.63) is 27.7 Å². The quantitative estimate of drug-likeness (QED) is 0.834. The molecule has 1 saturated carbocycles. The second-order valence-electron chi connectivity index (χ2n) is 5.72. The molecule has 0 N–H and O–H groups in total. The summed E-state index contributed by atoms with van der Waals surface area (Å²) in [5.74, 6) is 0.274. The molecule has 4 nitrogen and oxygen atoms in total. The fourth-order valence-electron chi connectivity index (χ4n) is 3.01. The van der Waals surface area contributed by atoms with Gasteiger partial charge < -0.3 is 14.4 Å². The lowest BCUT2D eigenvalue weighted by atomic mass is 10.0. The van der Waals surface area contributed by atoms with Crippen LogP contribution in [0.2, 0.25) is 10.0 Å². The Morgan fingerprint density at radius 3 is 2.32 bits per heavy atom. The van der Waals surface area contributed by atoms with Crippen LogP contribution in [0.3, 0.4) is 0 Å². The Balaban J connectivity index is 1.95. The van der Waals surface area contributed by atoms with Crippen LogP contribution in [0.25, 0.3) is 0 Å². The summed E-state index contributed by atoms with van der Waals surface area (Å²) in [5.41, 5.74) is 0.370. The summed E-state index contributed by atoms with van der Waals surface area (Å²) in [6, 6.07) is 3.80. The molecule has 3 rings (SSSR count). The number of rotatable bonds is 4. The largest absolute Gasteiger partial charge is 0.494 e. The number of halogens is 2. The van der Waals surface area contributed by atoms with Crippen LogP contribution in [0.4, 0.5) is 0 Å². The zero-order chi connectivity index (χ0) is 15.7. The van der Waals surface area contributed by atoms with Crippen LogP contribution in [0.5, 0.6) is 5.75 Å². The SMILES string of the molecule is COc1c(Cl)ccc(Cl)c1C(=O)N(C1CCOCC1)C1CC1. The van der Waals surface area contributed by atoms with Crippen molar-refractivity contribution in [2.24, 2.45) is 0 Å². The second-order valence-corrected chi connectivity index (χ2v) is 6.54. The molecule has 1 saturated heterocycles. The normalized spacial score (nSPS) is 19.0. The molecule has 120 valence electrons. The van der Waals surface area contributed by atoms with E-state index >= 15 is 0 Å². The third-order valence-electron chi connectivity index (χ3n) is 4.24. The molecule has 1 amide bonds. The molecule has 0 aromatic heterocycles. The summed E-state index contributed by atoms with van der Waals surface area (Å²) >= 11 is 12.4. The Kier molecular flexibility index (Phi) is 4.81. The van der Waals surface area contributed by atoms with Crippen LogP contribution in [0.1, 0.15) is 36.0 Å². The first-order valence-corrected chi connectivity index (χ1v) is 8.31. The topological polar surface area (TPSA) is 38.8 Å². The minimum absolute atomic E-state index is 0.0845. The van der Waals surface area contributed by atoms with Gasteiger partial charge in [-0.3, -0.25) is 4.79 Å². The van der Waals surface area contributed by atoms with Crippen LogP contribution < -0.4 is 4.74 Å². The van der Waals surface area contributed by atoms with E-state index in [1.54, 1.807) is 12.1 Å². The first-order valence-electron chi connectivity index (χ1n) is 7.56. The molecule has 0 unspecified atom stereocenters. The van der Waals surface area contributed by atoms with Gasteiger partial charge in [-0.15, -0.1) is 0 Å². The van der Waals surface area contributed by atoms with Crippen molar-refractivity contribution in [3.63, 3.8) is 0 Å². The van der Waals surface area contributed by atoms with Crippen LogP contribution in [-0.4, -0.2) is 43.2 Å². The van der Waals surface area contributed by atoms with Gasteiger partial charge in [0, 0.05) is 25.3 Å². The molecule has 1 aromatic rings. The number of benzene rings is 1. The number of hydrogen-bond acceptors (Lipinski definition) is 3. The predicted molar refractivity (Wildman–Crippen MR) is 86.0 cm³/mol. The van der Waals surface area contributed by atoms with Gasteiger partial charge in [-0.05, 0) is 37.8 Å². The van der Waals surface area contributed by atoms with E-state index in [-0.39, 0.29) is 11.9 Å². The van der Waals surface area contributed by atoms with E-state index in [9.17, 15) is 4.79 Å². The molecular weight excluding hydrogens is 325 g/mol. The Morgan fingerprint density at radius 1 is 1.14 bits per heavy atom. The van der Waals surface area contributed by atoms with Crippen molar-refractivity contribution >= 4 is 29.1 Å². The van der Waals surface area contributed by atoms with Crippen molar-refractivity contribution in [1.29, 1.82) is 0 Å². The van der Waals surface area contributed by atoms with Gasteiger partial charge in [0.05, 0.1) is 17.2 Å². The zero-order valence-corrected chi connectivity index (χ0v) is 14.0. The molecular formula is C16H19Cl2NO3. The second kappa shape index (κ2) is 6.65. The summed E-state index contributed by atoms with van der Waals surface area (Å²) in [5, 5.41) is 0.780. The maximum absolute atomic E-state index is 13.1. The number of carbonyl (C=O) groups excluding carboxylic acids is 1. The summed E-state index contributed by atoms with van der Waals surface area (Å²) in [6.45, 7) is 1.39. The highest BCUT2D eigenvalue weighted by Crippen LogP contribution is 2.39. The van der Waals surface area contributed by atoms with Crippen LogP contribution in [0.15, 0.2) is 12.1 Å². The highest BCUT2D eigenvalue weighted by Gasteiger charge is 2.40. The van der Waals surface area contributed by atoms with Gasteiger partial charge in [0.25, 0.3) is 5.91 Å². The van der Waals surface area contributed by atoms with Gasteiger partial charge in [-0.1, -0.05) is 23.2 Å². The monoisotopic (exact) mass is 343 g/mol. The molecule has 0 spiro atoms. The van der Waals surface area contributed by atoms with Gasteiger partial charge >= 0.3 is 0 Å². The molecule has 1 aliphatic carbocycles. The first kappa shape index (κ1) is 15.9. The lowest BCUT2D eigenvalue weighted by Crippen LogP contribution is -2.45. The third kappa shape index (κ3) is 3.05. The van der Waals surface area contributed by atoms with E-state index in [1.807, 2.05) is 4.90 Å². The molecule has 1 aromatic carbocycles. The van der Waals surface area contributed by atoms with E-state index in [1.165, 1.54) is 7.11 Å². The summed E-state index contributed by atoms with van der Waals surface area (Å²) in [7, 11) is 1.50. The molecule has 6 heteroatoms. The summed E-state index contributed by atoms with van der Waals surface area (Å²) in [6.07, 6.45) is 3.82. The van der Waals surface area contributed by atoms with Gasteiger partial charge in [-0.25, -0.2) is 0 Å². The van der Waals surface area contributed by atoms with Gasteiger partial charge in [0.2, 0.25) is 0 Å². The minimum atomic E-state index is -0.0845. The Morgan fingerprint density at radius 2 is 1.73 bits per heavy atom. The van der Waals surface area contributed by atoms with E-state index < -0.39 is 0 Å². The Hall–Kier alpha value is -0.970. The standard InChI is InChI=1S/C16H19Cl2NO3/c1-21-15-13(18)5-4-12(17)14(15)16(20)19(10-2-3-10)11-6-8-22-9-7-11/h4-5,10-11H,2-3,6-9H2,1H3.